The van der Waals surface area contributed by atoms with Gasteiger partial charge in [0.15, 0.2) is 5.96 Å². The summed E-state index contributed by atoms with van der Waals surface area (Å²) in [5.74, 6) is 1.68. The predicted molar refractivity (Wildman–Crippen MR) is 91.8 cm³/mol. The second kappa shape index (κ2) is 8.31. The minimum atomic E-state index is 0.391. The number of likely N-dealkylation sites (tertiary alicyclic amines) is 1. The molecule has 23 heavy (non-hydrogen) atoms. The van der Waals surface area contributed by atoms with Gasteiger partial charge in [-0.2, -0.15) is 0 Å². The molecular formula is C17H32N4O2. The third kappa shape index (κ3) is 4.58. The molecule has 132 valence electrons. The van der Waals surface area contributed by atoms with Crippen LogP contribution in [0.25, 0.3) is 0 Å². The molecule has 3 fully saturated rings. The summed E-state index contributed by atoms with van der Waals surface area (Å²) in [4.78, 5) is 6.89. The Kier molecular flexibility index (Phi) is 6.14. The molecule has 3 heterocycles. The van der Waals surface area contributed by atoms with E-state index in [2.05, 4.69) is 20.5 Å². The lowest BCUT2D eigenvalue weighted by molar-refractivity contribution is 0.0991. The zero-order valence-corrected chi connectivity index (χ0v) is 14.6. The van der Waals surface area contributed by atoms with Crippen LogP contribution >= 0.6 is 0 Å². The summed E-state index contributed by atoms with van der Waals surface area (Å²) >= 11 is 0. The van der Waals surface area contributed by atoms with Crippen LogP contribution in [0.15, 0.2) is 4.99 Å². The average Bonchev–Trinajstić information content (AvgIpc) is 3.20. The van der Waals surface area contributed by atoms with Crippen LogP contribution in [0.2, 0.25) is 0 Å². The number of fused-ring (bicyclic) bond motifs is 2. The highest BCUT2D eigenvalue weighted by molar-refractivity contribution is 5.80. The van der Waals surface area contributed by atoms with Crippen LogP contribution in [-0.2, 0) is 9.47 Å². The maximum atomic E-state index is 5.91. The van der Waals surface area contributed by atoms with Crippen molar-refractivity contribution < 1.29 is 9.47 Å². The van der Waals surface area contributed by atoms with Crippen molar-refractivity contribution in [1.82, 2.24) is 15.5 Å². The van der Waals surface area contributed by atoms with Crippen molar-refractivity contribution in [3.05, 3.63) is 0 Å². The van der Waals surface area contributed by atoms with Crippen LogP contribution in [0.1, 0.15) is 32.1 Å². The van der Waals surface area contributed by atoms with Crippen molar-refractivity contribution in [1.29, 1.82) is 0 Å². The summed E-state index contributed by atoms with van der Waals surface area (Å²) in [7, 11) is 3.63. The molecule has 2 bridgehead atoms. The summed E-state index contributed by atoms with van der Waals surface area (Å²) in [6.45, 7) is 5.28. The van der Waals surface area contributed by atoms with E-state index in [1.54, 1.807) is 7.11 Å². The molecule has 6 heteroatoms. The summed E-state index contributed by atoms with van der Waals surface area (Å²) in [6, 6.07) is 0.441. The van der Waals surface area contributed by atoms with Gasteiger partial charge in [0.05, 0.1) is 24.9 Å². The van der Waals surface area contributed by atoms with Gasteiger partial charge in [-0.1, -0.05) is 0 Å². The highest BCUT2D eigenvalue weighted by atomic mass is 16.5. The van der Waals surface area contributed by atoms with Crippen molar-refractivity contribution in [3.8, 4) is 0 Å². The Morgan fingerprint density at radius 2 is 2.09 bits per heavy atom. The largest absolute Gasteiger partial charge is 0.383 e. The van der Waals surface area contributed by atoms with E-state index in [0.29, 0.717) is 18.2 Å². The number of rotatable bonds is 6. The van der Waals surface area contributed by atoms with E-state index in [4.69, 9.17) is 9.47 Å². The Hall–Kier alpha value is -0.850. The van der Waals surface area contributed by atoms with Crippen LogP contribution in [0.3, 0.4) is 0 Å². The number of nitrogens with zero attached hydrogens (tertiary/aromatic N) is 2. The molecule has 0 aromatic heterocycles. The van der Waals surface area contributed by atoms with Crippen molar-refractivity contribution in [2.75, 3.05) is 46.9 Å². The number of guanidine groups is 1. The first-order valence-corrected chi connectivity index (χ1v) is 9.12. The average molecular weight is 324 g/mol. The summed E-state index contributed by atoms with van der Waals surface area (Å²) in [5.41, 5.74) is 0. The third-order valence-electron chi connectivity index (χ3n) is 5.53. The van der Waals surface area contributed by atoms with Gasteiger partial charge < -0.3 is 25.0 Å². The fraction of sp³-hybridized carbons (Fsp3) is 0.941. The molecule has 3 atom stereocenters. The van der Waals surface area contributed by atoms with E-state index < -0.39 is 0 Å². The van der Waals surface area contributed by atoms with Crippen LogP contribution in [0, 0.1) is 5.92 Å². The second-order valence-electron chi connectivity index (χ2n) is 7.09. The molecule has 0 radical (unpaired) electrons. The highest BCUT2D eigenvalue weighted by Crippen LogP contribution is 2.34. The summed E-state index contributed by atoms with van der Waals surface area (Å²) < 4.78 is 11.1. The lowest BCUT2D eigenvalue weighted by Gasteiger charge is -2.32. The molecule has 0 aromatic carbocycles. The standard InChI is InChI=1S/C17H32N4O2/c1-18-17(20-15-11-14-3-4-16(15)23-14)19-12-13-5-7-21(8-6-13)9-10-22-2/h13-16H,3-12H2,1-2H3,(H2,18,19,20). The Morgan fingerprint density at radius 1 is 1.26 bits per heavy atom. The molecule has 3 saturated heterocycles. The maximum Gasteiger partial charge on any atom is 0.191 e. The van der Waals surface area contributed by atoms with E-state index in [1.165, 1.54) is 38.8 Å². The number of methoxy groups -OCH3 is 1. The molecule has 3 rings (SSSR count). The van der Waals surface area contributed by atoms with E-state index in [1.807, 2.05) is 7.05 Å². The summed E-state index contributed by atoms with van der Waals surface area (Å²) in [5, 5.41) is 7.08. The second-order valence-corrected chi connectivity index (χ2v) is 7.09. The fourth-order valence-electron chi connectivity index (χ4n) is 4.04. The zero-order chi connectivity index (χ0) is 16.1. The Morgan fingerprint density at radius 3 is 2.70 bits per heavy atom. The van der Waals surface area contributed by atoms with Gasteiger partial charge in [-0.15, -0.1) is 0 Å². The zero-order valence-electron chi connectivity index (χ0n) is 14.6. The van der Waals surface area contributed by atoms with Crippen LogP contribution in [0.5, 0.6) is 0 Å². The monoisotopic (exact) mass is 324 g/mol. The highest BCUT2D eigenvalue weighted by Gasteiger charge is 2.41. The van der Waals surface area contributed by atoms with E-state index in [-0.39, 0.29) is 0 Å². The number of nitrogens with one attached hydrogen (secondary N) is 2. The smallest absolute Gasteiger partial charge is 0.191 e. The fourth-order valence-corrected chi connectivity index (χ4v) is 4.04. The minimum Gasteiger partial charge on any atom is -0.383 e. The predicted octanol–water partition coefficient (Wildman–Crippen LogP) is 0.830. The normalized spacial score (nSPS) is 32.4. The molecule has 0 aliphatic carbocycles. The molecule has 0 spiro atoms. The van der Waals surface area contributed by atoms with Crippen LogP contribution in [-0.4, -0.2) is 76.1 Å². The van der Waals surface area contributed by atoms with E-state index >= 15 is 0 Å². The molecule has 0 amide bonds. The minimum absolute atomic E-state index is 0.391. The van der Waals surface area contributed by atoms with Crippen LogP contribution < -0.4 is 10.6 Å². The molecule has 0 saturated carbocycles. The Labute approximate surface area is 140 Å². The topological polar surface area (TPSA) is 58.1 Å². The number of ether oxygens (including phenoxy) is 2. The van der Waals surface area contributed by atoms with Gasteiger partial charge in [0, 0.05) is 27.2 Å². The van der Waals surface area contributed by atoms with Gasteiger partial charge in [0.25, 0.3) is 0 Å². The number of hydrogen-bond donors (Lipinski definition) is 2. The number of piperidine rings is 1. The van der Waals surface area contributed by atoms with E-state index in [9.17, 15) is 0 Å². The van der Waals surface area contributed by atoms with Gasteiger partial charge >= 0.3 is 0 Å². The van der Waals surface area contributed by atoms with Gasteiger partial charge in [0.1, 0.15) is 0 Å². The van der Waals surface area contributed by atoms with E-state index in [0.717, 1.165) is 38.0 Å². The van der Waals surface area contributed by atoms with Gasteiger partial charge in [-0.05, 0) is 51.1 Å². The van der Waals surface area contributed by atoms with Crippen molar-refractivity contribution >= 4 is 5.96 Å². The molecule has 2 N–H and O–H groups in total. The Balaban J connectivity index is 1.34. The molecule has 0 aromatic rings. The first kappa shape index (κ1) is 17.0. The molecule has 3 aliphatic heterocycles. The van der Waals surface area contributed by atoms with Crippen molar-refractivity contribution in [2.24, 2.45) is 10.9 Å². The first-order chi connectivity index (χ1) is 11.3. The van der Waals surface area contributed by atoms with Crippen molar-refractivity contribution in [2.45, 2.75) is 50.4 Å². The number of hydrogen-bond acceptors (Lipinski definition) is 4. The van der Waals surface area contributed by atoms with Crippen molar-refractivity contribution in [3.63, 3.8) is 0 Å². The lowest BCUT2D eigenvalue weighted by atomic mass is 9.95. The SMILES string of the molecule is CN=C(NCC1CCN(CCOC)CC1)NC1CC2CCC1O2. The lowest BCUT2D eigenvalue weighted by Crippen LogP contribution is -2.49. The maximum absolute atomic E-state index is 5.91. The molecule has 6 nitrogen and oxygen atoms in total. The molecular weight excluding hydrogens is 292 g/mol. The number of aliphatic imine (C=N–C) groups is 1. The first-order valence-electron chi connectivity index (χ1n) is 9.12. The third-order valence-corrected chi connectivity index (χ3v) is 5.53. The Bertz CT molecular complexity index is 396. The molecule has 3 aliphatic rings. The van der Waals surface area contributed by atoms with Crippen LogP contribution in [0.4, 0.5) is 0 Å². The van der Waals surface area contributed by atoms with Gasteiger partial charge in [0.2, 0.25) is 0 Å². The summed E-state index contributed by atoms with van der Waals surface area (Å²) in [6.07, 6.45) is 6.93. The van der Waals surface area contributed by atoms with Gasteiger partial charge in [-0.25, -0.2) is 0 Å². The van der Waals surface area contributed by atoms with Gasteiger partial charge in [-0.3, -0.25) is 4.99 Å². The quantitative estimate of drug-likeness (QED) is 0.560. The molecule has 3 unspecified atom stereocenters.